The lowest BCUT2D eigenvalue weighted by atomic mass is 9.90. The number of rotatable bonds is 14. The van der Waals surface area contributed by atoms with Gasteiger partial charge in [0.25, 0.3) is 23.5 Å². The van der Waals surface area contributed by atoms with Gasteiger partial charge in [-0.1, -0.05) is 24.3 Å². The molecule has 6 aromatic rings. The van der Waals surface area contributed by atoms with Crippen molar-refractivity contribution in [2.75, 3.05) is 86.1 Å². The van der Waals surface area contributed by atoms with Crippen LogP contribution in [-0.2, 0) is 40.6 Å². The molecule has 4 aromatic heterocycles. The Morgan fingerprint density at radius 1 is 0.597 bits per heavy atom. The van der Waals surface area contributed by atoms with E-state index in [1.54, 1.807) is 33.7 Å². The molecule has 20 heteroatoms. The molecule has 77 heavy (non-hydrogen) atoms. The Balaban J connectivity index is 0.000000200. The molecule has 4 fully saturated rings. The summed E-state index contributed by atoms with van der Waals surface area (Å²) in [5.74, 6) is -0.544. The standard InChI is InChI=1S/C29H33FN4O5.C23H26FN3O3.C4H9N.CH2Cl2/c1-38-18-34-17-24(25(35)29(37)32-11-3-4-12-32)22-16-23(27(39-2)31-26(22)34)28(36)33-13-9-20(10-14-33)15-19-5-7-21(30)8-6-19;1-29-15-27-12-9-18-14-20(22(30-2)25-21(18)27)23(28)26-10-7-17(8-11-26)13-16-3-5-19(24)6-4-16;1-2-4-5-3-1;2-1-3/h5-8,16-17,20H,3-4,9-15,18H2,1-2H3;3-6,9,12,14,17H,7-8,10-11,13,15H2,1-2H3;5H,1-4H2;1H2. The molecule has 16 nitrogen and oxygen atoms in total. The number of benzene rings is 2. The van der Waals surface area contributed by atoms with E-state index < -0.39 is 11.7 Å². The van der Waals surface area contributed by atoms with Gasteiger partial charge in [0.1, 0.15) is 47.5 Å². The number of hydrogen-bond donors (Lipinski definition) is 1. The van der Waals surface area contributed by atoms with Crippen molar-refractivity contribution in [1.29, 1.82) is 0 Å². The van der Waals surface area contributed by atoms with Crippen LogP contribution in [0.1, 0.15) is 93.6 Å². The van der Waals surface area contributed by atoms with Crippen LogP contribution in [0.2, 0.25) is 0 Å². The first-order chi connectivity index (χ1) is 37.4. The highest BCUT2D eigenvalue weighted by Crippen LogP contribution is 2.32. The minimum atomic E-state index is -0.622. The van der Waals surface area contributed by atoms with Crippen molar-refractivity contribution in [3.63, 3.8) is 0 Å². The fourth-order valence-corrected chi connectivity index (χ4v) is 10.3. The fourth-order valence-electron chi connectivity index (χ4n) is 10.3. The molecule has 10 rings (SSSR count). The molecule has 1 N–H and O–H groups in total. The SMILES string of the molecule is C1CCNC1.COCn1cc(C(=O)C(=O)N2CCCC2)c2cc(C(=O)N3CCC(Cc4ccc(F)cc4)CC3)c(OC)nc21.COCn1ccc2cc(C(=O)N3CCC(Cc4ccc(F)cc4)CC3)c(OC)nc21.ClCCl. The van der Waals surface area contributed by atoms with Crippen molar-refractivity contribution >= 4 is 68.8 Å². The van der Waals surface area contributed by atoms with Crippen LogP contribution >= 0.6 is 23.2 Å². The van der Waals surface area contributed by atoms with Crippen LogP contribution in [0.5, 0.6) is 11.8 Å². The Morgan fingerprint density at radius 2 is 1.06 bits per heavy atom. The lowest BCUT2D eigenvalue weighted by molar-refractivity contribution is -0.125. The summed E-state index contributed by atoms with van der Waals surface area (Å²) in [6.07, 6.45) is 13.2. The maximum absolute atomic E-state index is 13.7. The van der Waals surface area contributed by atoms with Gasteiger partial charge in [0.15, 0.2) is 0 Å². The summed E-state index contributed by atoms with van der Waals surface area (Å²) >= 11 is 9.53. The minimum absolute atomic E-state index is 0.0547. The molecule has 3 amide bonds. The third-order valence-electron chi connectivity index (χ3n) is 14.4. The topological polar surface area (TPSA) is 163 Å². The van der Waals surface area contributed by atoms with E-state index in [4.69, 9.17) is 42.1 Å². The average molecular weight is 1100 g/mol. The molecule has 414 valence electrons. The second-order valence-electron chi connectivity index (χ2n) is 19.5. The number of ketones is 1. The molecular formula is C57H70Cl2F2N8O8. The van der Waals surface area contributed by atoms with Gasteiger partial charge in [-0.25, -0.2) is 8.78 Å². The number of methoxy groups -OCH3 is 4. The maximum Gasteiger partial charge on any atom is 0.295 e. The Bertz CT molecular complexity index is 2890. The predicted molar refractivity (Wildman–Crippen MR) is 293 cm³/mol. The van der Waals surface area contributed by atoms with E-state index >= 15 is 0 Å². The molecule has 4 saturated heterocycles. The number of ether oxygens (including phenoxy) is 4. The summed E-state index contributed by atoms with van der Waals surface area (Å²) in [4.78, 5) is 67.4. The monoisotopic (exact) mass is 1100 g/mol. The average Bonchev–Trinajstić information content (AvgIpc) is 4.33. The van der Waals surface area contributed by atoms with Gasteiger partial charge in [0, 0.05) is 76.7 Å². The van der Waals surface area contributed by atoms with E-state index in [1.165, 1.54) is 71.5 Å². The molecule has 4 aliphatic heterocycles. The Kier molecular flexibility index (Phi) is 22.0. The zero-order valence-electron chi connectivity index (χ0n) is 44.4. The third kappa shape index (κ3) is 15.3. The minimum Gasteiger partial charge on any atom is -0.480 e. The van der Waals surface area contributed by atoms with Crippen molar-refractivity contribution < 1.29 is 46.9 Å². The van der Waals surface area contributed by atoms with Crippen LogP contribution in [-0.4, -0.2) is 143 Å². The van der Waals surface area contributed by atoms with Gasteiger partial charge >= 0.3 is 0 Å². The summed E-state index contributed by atoms with van der Waals surface area (Å²) in [7, 11) is 6.13. The van der Waals surface area contributed by atoms with Gasteiger partial charge in [0.2, 0.25) is 11.8 Å². The molecule has 0 unspecified atom stereocenters. The molecule has 0 spiro atoms. The van der Waals surface area contributed by atoms with E-state index in [0.717, 1.165) is 73.5 Å². The normalized spacial score (nSPS) is 15.8. The first kappa shape index (κ1) is 58.5. The summed E-state index contributed by atoms with van der Waals surface area (Å²) in [6.45, 7) is 6.64. The first-order valence-corrected chi connectivity index (χ1v) is 27.3. The summed E-state index contributed by atoms with van der Waals surface area (Å²) in [5.41, 5.74) is 4.28. The maximum atomic E-state index is 13.7. The number of amides is 3. The molecule has 0 aliphatic carbocycles. The van der Waals surface area contributed by atoms with Crippen LogP contribution in [0.4, 0.5) is 8.78 Å². The zero-order valence-corrected chi connectivity index (χ0v) is 45.9. The van der Waals surface area contributed by atoms with E-state index in [-0.39, 0.29) is 52.5 Å². The highest BCUT2D eigenvalue weighted by atomic mass is 35.5. The number of piperidine rings is 2. The smallest absolute Gasteiger partial charge is 0.295 e. The quantitative estimate of drug-likeness (QED) is 0.0629. The van der Waals surface area contributed by atoms with Gasteiger partial charge < -0.3 is 48.1 Å². The van der Waals surface area contributed by atoms with Crippen LogP contribution in [0.25, 0.3) is 22.1 Å². The van der Waals surface area contributed by atoms with Crippen molar-refractivity contribution in [3.8, 4) is 11.8 Å². The molecule has 0 atom stereocenters. The van der Waals surface area contributed by atoms with Crippen molar-refractivity contribution in [1.82, 2.24) is 39.1 Å². The van der Waals surface area contributed by atoms with Crippen molar-refractivity contribution in [3.05, 3.63) is 119 Å². The van der Waals surface area contributed by atoms with Crippen LogP contribution in [0.3, 0.4) is 0 Å². The highest BCUT2D eigenvalue weighted by molar-refractivity contribution is 6.45. The summed E-state index contributed by atoms with van der Waals surface area (Å²) in [5, 5.41) is 4.71. The number of hydrogen-bond acceptors (Lipinski definition) is 11. The lowest BCUT2D eigenvalue weighted by Crippen LogP contribution is -2.39. The Morgan fingerprint density at radius 3 is 1.52 bits per heavy atom. The molecule has 0 saturated carbocycles. The largest absolute Gasteiger partial charge is 0.480 e. The fraction of sp³-hybridized carbons (Fsp3) is 0.474. The van der Waals surface area contributed by atoms with Gasteiger partial charge in [-0.05, 0) is 143 Å². The number of alkyl halides is 2. The van der Waals surface area contributed by atoms with Crippen LogP contribution < -0.4 is 14.8 Å². The first-order valence-electron chi connectivity index (χ1n) is 26.2. The molecule has 2 aromatic carbocycles. The molecule has 0 bridgehead atoms. The van der Waals surface area contributed by atoms with Crippen molar-refractivity contribution in [2.24, 2.45) is 11.8 Å². The van der Waals surface area contributed by atoms with Crippen molar-refractivity contribution in [2.45, 2.75) is 77.7 Å². The second-order valence-corrected chi connectivity index (χ2v) is 20.3. The number of pyridine rings is 2. The third-order valence-corrected chi connectivity index (χ3v) is 14.4. The van der Waals surface area contributed by atoms with Gasteiger partial charge in [-0.3, -0.25) is 19.2 Å². The number of fused-ring (bicyclic) bond motifs is 2. The second kappa shape index (κ2) is 29.0. The predicted octanol–water partition coefficient (Wildman–Crippen LogP) is 9.36. The number of halogens is 4. The van der Waals surface area contributed by atoms with Gasteiger partial charge in [-0.2, -0.15) is 9.97 Å². The van der Waals surface area contributed by atoms with Gasteiger partial charge in [0.05, 0.1) is 25.1 Å². The van der Waals surface area contributed by atoms with E-state index in [1.807, 2.05) is 52.1 Å². The Labute approximate surface area is 458 Å². The molecule has 4 aliphatic rings. The Hall–Kier alpha value is -6.18. The molecular weight excluding hydrogens is 1030 g/mol. The number of nitrogens with one attached hydrogen (secondary N) is 1. The van der Waals surface area contributed by atoms with E-state index in [2.05, 4.69) is 15.3 Å². The summed E-state index contributed by atoms with van der Waals surface area (Å²) < 4.78 is 51.2. The molecule has 8 heterocycles. The molecule has 0 radical (unpaired) electrons. The number of aromatic nitrogens is 4. The van der Waals surface area contributed by atoms with Gasteiger partial charge in [-0.15, -0.1) is 23.2 Å². The van der Waals surface area contributed by atoms with E-state index in [0.29, 0.717) is 80.3 Å². The number of carbonyl (C=O) groups is 4. The highest BCUT2D eigenvalue weighted by Gasteiger charge is 2.32. The number of nitrogens with zero attached hydrogens (tertiary/aromatic N) is 7. The summed E-state index contributed by atoms with van der Waals surface area (Å²) in [6, 6.07) is 18.6. The lowest BCUT2D eigenvalue weighted by Gasteiger charge is -2.32. The van der Waals surface area contributed by atoms with Crippen LogP contribution in [0.15, 0.2) is 79.1 Å². The van der Waals surface area contributed by atoms with Crippen LogP contribution in [0, 0.1) is 23.5 Å². The zero-order chi connectivity index (χ0) is 54.8. The number of carbonyl (C=O) groups excluding carboxylic acids is 4. The number of Topliss-reactive ketones (excluding diaryl/α,β-unsaturated/α-hetero) is 1. The number of likely N-dealkylation sites (tertiary alicyclic amines) is 3. The van der Waals surface area contributed by atoms with E-state index in [9.17, 15) is 28.0 Å².